The van der Waals surface area contributed by atoms with E-state index in [-0.39, 0.29) is 5.41 Å². The van der Waals surface area contributed by atoms with Crippen molar-refractivity contribution in [2.45, 2.75) is 51.6 Å². The summed E-state index contributed by atoms with van der Waals surface area (Å²) >= 11 is 0. The molecule has 100 valence electrons. The summed E-state index contributed by atoms with van der Waals surface area (Å²) in [5.41, 5.74) is 7.32. The molecule has 2 rings (SSSR count). The van der Waals surface area contributed by atoms with Crippen LogP contribution in [0.5, 0.6) is 5.75 Å². The maximum atomic E-state index is 6.07. The minimum atomic E-state index is 0.200. The Morgan fingerprint density at radius 2 is 1.83 bits per heavy atom. The monoisotopic (exact) mass is 247 g/mol. The van der Waals surface area contributed by atoms with Crippen LogP contribution < -0.4 is 10.5 Å². The molecule has 2 nitrogen and oxygen atoms in total. The average molecular weight is 247 g/mol. The highest BCUT2D eigenvalue weighted by molar-refractivity contribution is 5.31. The Kier molecular flexibility index (Phi) is 3.96. The highest BCUT2D eigenvalue weighted by atomic mass is 16.5. The Bertz CT molecular complexity index is 377. The molecule has 1 aliphatic rings. The van der Waals surface area contributed by atoms with Crippen molar-refractivity contribution in [3.8, 4) is 5.75 Å². The quantitative estimate of drug-likeness (QED) is 0.887. The van der Waals surface area contributed by atoms with Crippen LogP contribution in [0.4, 0.5) is 0 Å². The van der Waals surface area contributed by atoms with Gasteiger partial charge in [-0.1, -0.05) is 32.9 Å². The summed E-state index contributed by atoms with van der Waals surface area (Å²) in [6, 6.07) is 8.52. The number of nitrogens with two attached hydrogens (primary N) is 1. The molecule has 0 aromatic heterocycles. The molecule has 1 fully saturated rings. The second-order valence-corrected chi connectivity index (χ2v) is 6.36. The van der Waals surface area contributed by atoms with Gasteiger partial charge in [-0.15, -0.1) is 0 Å². The van der Waals surface area contributed by atoms with Crippen LogP contribution in [-0.4, -0.2) is 12.6 Å². The lowest BCUT2D eigenvalue weighted by atomic mass is 9.87. The highest BCUT2D eigenvalue weighted by Crippen LogP contribution is 2.30. The van der Waals surface area contributed by atoms with E-state index in [1.807, 2.05) is 0 Å². The zero-order valence-corrected chi connectivity index (χ0v) is 11.8. The molecule has 2 atom stereocenters. The van der Waals surface area contributed by atoms with Crippen molar-refractivity contribution < 1.29 is 4.74 Å². The Balaban J connectivity index is 2.02. The molecule has 1 aromatic carbocycles. The van der Waals surface area contributed by atoms with Crippen molar-refractivity contribution >= 4 is 0 Å². The molecule has 2 unspecified atom stereocenters. The summed E-state index contributed by atoms with van der Waals surface area (Å²) in [7, 11) is 0. The van der Waals surface area contributed by atoms with Gasteiger partial charge in [0.15, 0.2) is 0 Å². The maximum absolute atomic E-state index is 6.07. The largest absolute Gasteiger partial charge is 0.490 e. The van der Waals surface area contributed by atoms with Crippen LogP contribution in [0.1, 0.15) is 45.6 Å². The van der Waals surface area contributed by atoms with Crippen LogP contribution >= 0.6 is 0 Å². The standard InChI is InChI=1S/C16H25NO/c1-16(2,3)13-7-9-14(10-8-13)18-15-6-4-5-12(15)11-17/h7-10,12,15H,4-6,11,17H2,1-3H3. The third-order valence-corrected chi connectivity index (χ3v) is 3.90. The van der Waals surface area contributed by atoms with Gasteiger partial charge in [0.2, 0.25) is 0 Å². The van der Waals surface area contributed by atoms with Gasteiger partial charge in [0, 0.05) is 5.92 Å². The number of benzene rings is 1. The lowest BCUT2D eigenvalue weighted by Crippen LogP contribution is -2.27. The van der Waals surface area contributed by atoms with E-state index in [0.29, 0.717) is 12.0 Å². The van der Waals surface area contributed by atoms with Crippen LogP contribution in [-0.2, 0) is 5.41 Å². The fraction of sp³-hybridized carbons (Fsp3) is 0.625. The van der Waals surface area contributed by atoms with Gasteiger partial charge in [-0.3, -0.25) is 0 Å². The molecule has 2 N–H and O–H groups in total. The van der Waals surface area contributed by atoms with E-state index in [1.54, 1.807) is 0 Å². The summed E-state index contributed by atoms with van der Waals surface area (Å²) in [5.74, 6) is 1.51. The number of hydrogen-bond donors (Lipinski definition) is 1. The first-order valence-electron chi connectivity index (χ1n) is 6.98. The van der Waals surface area contributed by atoms with Crippen molar-refractivity contribution in [2.24, 2.45) is 11.7 Å². The van der Waals surface area contributed by atoms with Crippen molar-refractivity contribution in [2.75, 3.05) is 6.54 Å². The first-order chi connectivity index (χ1) is 8.50. The second-order valence-electron chi connectivity index (χ2n) is 6.36. The minimum absolute atomic E-state index is 0.200. The average Bonchev–Trinajstić information content (AvgIpc) is 2.76. The molecule has 0 heterocycles. The molecule has 0 spiro atoms. The van der Waals surface area contributed by atoms with Gasteiger partial charge >= 0.3 is 0 Å². The van der Waals surface area contributed by atoms with Crippen LogP contribution in [0.25, 0.3) is 0 Å². The third kappa shape index (κ3) is 3.05. The van der Waals surface area contributed by atoms with Gasteiger partial charge in [-0.2, -0.15) is 0 Å². The Morgan fingerprint density at radius 3 is 2.39 bits per heavy atom. The van der Waals surface area contributed by atoms with E-state index < -0.39 is 0 Å². The van der Waals surface area contributed by atoms with Crippen molar-refractivity contribution in [3.05, 3.63) is 29.8 Å². The molecule has 0 bridgehead atoms. The SMILES string of the molecule is CC(C)(C)c1ccc(OC2CCCC2CN)cc1. The van der Waals surface area contributed by atoms with E-state index in [4.69, 9.17) is 10.5 Å². The second kappa shape index (κ2) is 5.31. The molecule has 1 aliphatic carbocycles. The summed E-state index contributed by atoms with van der Waals surface area (Å²) in [4.78, 5) is 0. The molecule has 2 heteroatoms. The molecule has 1 aromatic rings. The van der Waals surface area contributed by atoms with Gasteiger partial charge in [-0.25, -0.2) is 0 Å². The first-order valence-corrected chi connectivity index (χ1v) is 6.98. The normalized spacial score (nSPS) is 24.2. The van der Waals surface area contributed by atoms with Crippen LogP contribution in [0.3, 0.4) is 0 Å². The van der Waals surface area contributed by atoms with Crippen LogP contribution in [0, 0.1) is 5.92 Å². The van der Waals surface area contributed by atoms with E-state index in [2.05, 4.69) is 45.0 Å². The summed E-state index contributed by atoms with van der Waals surface area (Å²) in [5, 5.41) is 0. The zero-order valence-electron chi connectivity index (χ0n) is 11.8. The Morgan fingerprint density at radius 1 is 1.17 bits per heavy atom. The topological polar surface area (TPSA) is 35.2 Å². The molecule has 1 saturated carbocycles. The van der Waals surface area contributed by atoms with E-state index >= 15 is 0 Å². The van der Waals surface area contributed by atoms with Crippen molar-refractivity contribution in [1.82, 2.24) is 0 Å². The van der Waals surface area contributed by atoms with Crippen LogP contribution in [0.15, 0.2) is 24.3 Å². The smallest absolute Gasteiger partial charge is 0.119 e. The van der Waals surface area contributed by atoms with Crippen molar-refractivity contribution in [1.29, 1.82) is 0 Å². The molecule has 0 radical (unpaired) electrons. The Labute approximate surface area is 111 Å². The van der Waals surface area contributed by atoms with Gasteiger partial charge in [0.25, 0.3) is 0 Å². The van der Waals surface area contributed by atoms with Crippen molar-refractivity contribution in [3.63, 3.8) is 0 Å². The highest BCUT2D eigenvalue weighted by Gasteiger charge is 2.27. The van der Waals surface area contributed by atoms with Gasteiger partial charge < -0.3 is 10.5 Å². The summed E-state index contributed by atoms with van der Waals surface area (Å²) in [6.45, 7) is 7.42. The lowest BCUT2D eigenvalue weighted by molar-refractivity contribution is 0.162. The summed E-state index contributed by atoms with van der Waals surface area (Å²) in [6.07, 6.45) is 3.91. The molecule has 0 saturated heterocycles. The van der Waals surface area contributed by atoms with Crippen LogP contribution in [0.2, 0.25) is 0 Å². The zero-order chi connectivity index (χ0) is 13.2. The first kappa shape index (κ1) is 13.4. The molecule has 0 aliphatic heterocycles. The lowest BCUT2D eigenvalue weighted by Gasteiger charge is -2.22. The minimum Gasteiger partial charge on any atom is -0.490 e. The molecular weight excluding hydrogens is 222 g/mol. The predicted octanol–water partition coefficient (Wildman–Crippen LogP) is 3.49. The van der Waals surface area contributed by atoms with E-state index in [1.165, 1.54) is 18.4 Å². The maximum Gasteiger partial charge on any atom is 0.119 e. The van der Waals surface area contributed by atoms with Gasteiger partial charge in [-0.05, 0) is 48.9 Å². The predicted molar refractivity (Wildman–Crippen MR) is 76.0 cm³/mol. The number of rotatable bonds is 3. The molecular formula is C16H25NO. The van der Waals surface area contributed by atoms with Gasteiger partial charge in [0.05, 0.1) is 0 Å². The third-order valence-electron chi connectivity index (χ3n) is 3.90. The fourth-order valence-electron chi connectivity index (χ4n) is 2.64. The summed E-state index contributed by atoms with van der Waals surface area (Å²) < 4.78 is 6.07. The Hall–Kier alpha value is -1.02. The number of ether oxygens (including phenoxy) is 1. The van der Waals surface area contributed by atoms with E-state index in [9.17, 15) is 0 Å². The van der Waals surface area contributed by atoms with Gasteiger partial charge in [0.1, 0.15) is 11.9 Å². The fourth-order valence-corrected chi connectivity index (χ4v) is 2.64. The van der Waals surface area contributed by atoms with E-state index in [0.717, 1.165) is 18.7 Å². The molecule has 18 heavy (non-hydrogen) atoms. The molecule has 0 amide bonds. The number of hydrogen-bond acceptors (Lipinski definition) is 2.